The van der Waals surface area contributed by atoms with E-state index in [9.17, 15) is 0 Å². The number of hydrogen-bond donors (Lipinski definition) is 1. The van der Waals surface area contributed by atoms with E-state index < -0.39 is 0 Å². The van der Waals surface area contributed by atoms with E-state index in [1.165, 1.54) is 70.6 Å². The van der Waals surface area contributed by atoms with Gasteiger partial charge in [0.2, 0.25) is 0 Å². The van der Waals surface area contributed by atoms with Gasteiger partial charge in [-0.05, 0) is 63.3 Å². The van der Waals surface area contributed by atoms with Gasteiger partial charge in [-0.1, -0.05) is 33.1 Å². The summed E-state index contributed by atoms with van der Waals surface area (Å²) in [4.78, 5) is 0. The smallest absolute Gasteiger partial charge is 0.0687 e. The summed E-state index contributed by atoms with van der Waals surface area (Å²) in [5.74, 6) is 0. The van der Waals surface area contributed by atoms with E-state index in [4.69, 9.17) is 4.74 Å². The lowest BCUT2D eigenvalue weighted by Gasteiger charge is -2.35. The second-order valence-corrected chi connectivity index (χ2v) is 8.03. The van der Waals surface area contributed by atoms with Crippen LogP contribution in [0.5, 0.6) is 0 Å². The maximum Gasteiger partial charge on any atom is 0.0687 e. The van der Waals surface area contributed by atoms with Gasteiger partial charge in [0, 0.05) is 6.04 Å². The van der Waals surface area contributed by atoms with Crippen LogP contribution in [0.2, 0.25) is 0 Å². The van der Waals surface area contributed by atoms with Crippen LogP contribution in [0, 0.1) is 5.41 Å². The fourth-order valence-electron chi connectivity index (χ4n) is 5.12. The molecular weight excluding hydrogens is 246 g/mol. The Morgan fingerprint density at radius 2 is 1.85 bits per heavy atom. The van der Waals surface area contributed by atoms with Gasteiger partial charge in [-0.2, -0.15) is 0 Å². The molecule has 20 heavy (non-hydrogen) atoms. The standard InChI is InChI=1S/C18H33NO/c1-3-19-15-7-11-17(2,13-15)14-16-8-12-18(20-16)9-5-4-6-10-18/h15-16,19H,3-14H2,1-2H3. The summed E-state index contributed by atoms with van der Waals surface area (Å²) >= 11 is 0. The Morgan fingerprint density at radius 1 is 1.05 bits per heavy atom. The molecule has 0 amide bonds. The molecule has 3 aliphatic rings. The van der Waals surface area contributed by atoms with Crippen molar-refractivity contribution in [1.29, 1.82) is 0 Å². The van der Waals surface area contributed by atoms with Gasteiger partial charge in [0.25, 0.3) is 0 Å². The molecule has 0 aromatic carbocycles. The lowest BCUT2D eigenvalue weighted by Crippen LogP contribution is -2.33. The third-order valence-electron chi connectivity index (χ3n) is 6.15. The summed E-state index contributed by atoms with van der Waals surface area (Å²) in [6.07, 6.45) is 15.5. The van der Waals surface area contributed by atoms with E-state index in [-0.39, 0.29) is 0 Å². The molecule has 3 unspecified atom stereocenters. The highest BCUT2D eigenvalue weighted by Crippen LogP contribution is 2.48. The van der Waals surface area contributed by atoms with Gasteiger partial charge in [-0.15, -0.1) is 0 Å². The van der Waals surface area contributed by atoms with E-state index in [2.05, 4.69) is 19.2 Å². The van der Waals surface area contributed by atoms with E-state index in [0.29, 0.717) is 17.1 Å². The van der Waals surface area contributed by atoms with Crippen molar-refractivity contribution < 1.29 is 4.74 Å². The summed E-state index contributed by atoms with van der Waals surface area (Å²) in [6.45, 7) is 5.84. The molecule has 2 nitrogen and oxygen atoms in total. The van der Waals surface area contributed by atoms with Crippen LogP contribution in [0.4, 0.5) is 0 Å². The first-order valence-corrected chi connectivity index (χ1v) is 9.04. The van der Waals surface area contributed by atoms with Crippen molar-refractivity contribution >= 4 is 0 Å². The van der Waals surface area contributed by atoms with Crippen LogP contribution >= 0.6 is 0 Å². The van der Waals surface area contributed by atoms with E-state index in [1.807, 2.05) is 0 Å². The Balaban J connectivity index is 1.51. The Morgan fingerprint density at radius 3 is 2.60 bits per heavy atom. The molecule has 2 saturated carbocycles. The largest absolute Gasteiger partial charge is 0.372 e. The Labute approximate surface area is 125 Å². The van der Waals surface area contributed by atoms with Gasteiger partial charge in [0.15, 0.2) is 0 Å². The maximum atomic E-state index is 6.59. The fraction of sp³-hybridized carbons (Fsp3) is 1.00. The third kappa shape index (κ3) is 3.22. The van der Waals surface area contributed by atoms with Crippen LogP contribution in [-0.2, 0) is 4.74 Å². The van der Waals surface area contributed by atoms with Gasteiger partial charge in [-0.25, -0.2) is 0 Å². The van der Waals surface area contributed by atoms with Crippen molar-refractivity contribution in [3.8, 4) is 0 Å². The van der Waals surface area contributed by atoms with Gasteiger partial charge in [-0.3, -0.25) is 0 Å². The predicted octanol–water partition coefficient (Wildman–Crippen LogP) is 4.43. The van der Waals surface area contributed by atoms with Gasteiger partial charge < -0.3 is 10.1 Å². The summed E-state index contributed by atoms with van der Waals surface area (Å²) < 4.78 is 6.59. The van der Waals surface area contributed by atoms with Gasteiger partial charge in [0.1, 0.15) is 0 Å². The molecule has 1 spiro atoms. The molecule has 1 N–H and O–H groups in total. The second kappa shape index (κ2) is 5.96. The van der Waals surface area contributed by atoms with Crippen LogP contribution < -0.4 is 5.32 Å². The van der Waals surface area contributed by atoms with Crippen molar-refractivity contribution in [2.75, 3.05) is 6.54 Å². The molecule has 0 radical (unpaired) electrons. The van der Waals surface area contributed by atoms with Crippen LogP contribution in [0.25, 0.3) is 0 Å². The molecule has 2 heteroatoms. The molecule has 3 atom stereocenters. The number of nitrogens with one attached hydrogen (secondary N) is 1. The number of rotatable bonds is 4. The average molecular weight is 279 g/mol. The van der Waals surface area contributed by atoms with Crippen molar-refractivity contribution in [2.24, 2.45) is 5.41 Å². The summed E-state index contributed by atoms with van der Waals surface area (Å²) in [5, 5.41) is 3.64. The minimum absolute atomic E-state index is 0.305. The van der Waals surface area contributed by atoms with Crippen LogP contribution in [0.3, 0.4) is 0 Å². The summed E-state index contributed by atoms with van der Waals surface area (Å²) in [5.41, 5.74) is 0.830. The zero-order chi connectivity index (χ0) is 14.1. The fourth-order valence-corrected chi connectivity index (χ4v) is 5.12. The highest BCUT2D eigenvalue weighted by atomic mass is 16.5. The highest BCUT2D eigenvalue weighted by Gasteiger charge is 2.44. The SMILES string of the molecule is CCNC1CCC(C)(CC2CCC3(CCCCC3)O2)C1. The number of hydrogen-bond acceptors (Lipinski definition) is 2. The molecule has 116 valence electrons. The van der Waals surface area contributed by atoms with Crippen LogP contribution in [0.15, 0.2) is 0 Å². The Kier molecular flexibility index (Phi) is 4.42. The molecule has 1 heterocycles. The molecule has 2 aliphatic carbocycles. The molecule has 1 aliphatic heterocycles. The first-order chi connectivity index (χ1) is 9.63. The van der Waals surface area contributed by atoms with Gasteiger partial charge in [0.05, 0.1) is 11.7 Å². The highest BCUT2D eigenvalue weighted by molar-refractivity contribution is 4.96. The quantitative estimate of drug-likeness (QED) is 0.822. The molecule has 0 bridgehead atoms. The molecule has 3 rings (SSSR count). The lowest BCUT2D eigenvalue weighted by atomic mass is 9.81. The maximum absolute atomic E-state index is 6.59. The minimum atomic E-state index is 0.305. The second-order valence-electron chi connectivity index (χ2n) is 8.03. The first-order valence-electron chi connectivity index (χ1n) is 9.04. The normalized spacial score (nSPS) is 40.5. The van der Waals surface area contributed by atoms with Crippen molar-refractivity contribution in [2.45, 2.75) is 102 Å². The lowest BCUT2D eigenvalue weighted by molar-refractivity contribution is -0.0755. The predicted molar refractivity (Wildman–Crippen MR) is 84.0 cm³/mol. The third-order valence-corrected chi connectivity index (χ3v) is 6.15. The van der Waals surface area contributed by atoms with Gasteiger partial charge >= 0.3 is 0 Å². The minimum Gasteiger partial charge on any atom is -0.372 e. The molecule has 1 saturated heterocycles. The first kappa shape index (κ1) is 14.8. The van der Waals surface area contributed by atoms with Crippen LogP contribution in [0.1, 0.15) is 84.5 Å². The summed E-state index contributed by atoms with van der Waals surface area (Å²) in [7, 11) is 0. The van der Waals surface area contributed by atoms with E-state index in [0.717, 1.165) is 12.6 Å². The van der Waals surface area contributed by atoms with E-state index in [1.54, 1.807) is 0 Å². The van der Waals surface area contributed by atoms with Crippen molar-refractivity contribution in [3.05, 3.63) is 0 Å². The zero-order valence-corrected chi connectivity index (χ0v) is 13.5. The molecule has 0 aromatic rings. The molecule has 3 fully saturated rings. The number of ether oxygens (including phenoxy) is 1. The van der Waals surface area contributed by atoms with Crippen molar-refractivity contribution in [1.82, 2.24) is 5.32 Å². The molecular formula is C18H33NO. The Hall–Kier alpha value is -0.0800. The average Bonchev–Trinajstić information content (AvgIpc) is 2.96. The van der Waals surface area contributed by atoms with Crippen LogP contribution in [-0.4, -0.2) is 24.3 Å². The Bertz CT molecular complexity index is 323. The van der Waals surface area contributed by atoms with Crippen molar-refractivity contribution in [3.63, 3.8) is 0 Å². The monoisotopic (exact) mass is 279 g/mol. The topological polar surface area (TPSA) is 21.3 Å². The zero-order valence-electron chi connectivity index (χ0n) is 13.5. The molecule has 0 aromatic heterocycles. The van der Waals surface area contributed by atoms with E-state index >= 15 is 0 Å². The summed E-state index contributed by atoms with van der Waals surface area (Å²) in [6, 6.07) is 0.759.